The van der Waals surface area contributed by atoms with Crippen LogP contribution in [0.4, 0.5) is 11.4 Å². The zero-order valence-electron chi connectivity index (χ0n) is 20.3. The number of nitrogens with one attached hydrogen (secondary N) is 1. The number of para-hydroxylation sites is 1. The van der Waals surface area contributed by atoms with Gasteiger partial charge in [0, 0.05) is 44.3 Å². The Hall–Kier alpha value is -4.26. The molecule has 0 aliphatic rings. The van der Waals surface area contributed by atoms with Gasteiger partial charge in [0.15, 0.2) is 5.78 Å². The van der Waals surface area contributed by atoms with E-state index in [1.807, 2.05) is 67.5 Å². The van der Waals surface area contributed by atoms with Crippen molar-refractivity contribution >= 4 is 28.1 Å². The van der Waals surface area contributed by atoms with Gasteiger partial charge in [0.05, 0.1) is 18.7 Å². The second-order valence-electron chi connectivity index (χ2n) is 8.64. The number of ether oxygens (including phenoxy) is 1. The van der Waals surface area contributed by atoms with Gasteiger partial charge in [-0.25, -0.2) is 0 Å². The third kappa shape index (κ3) is 4.84. The molecule has 180 valence electrons. The van der Waals surface area contributed by atoms with Crippen molar-refractivity contribution in [2.75, 3.05) is 31.4 Å². The highest BCUT2D eigenvalue weighted by molar-refractivity contribution is 6.03. The minimum atomic E-state index is -0.516. The van der Waals surface area contributed by atoms with Gasteiger partial charge in [-0.05, 0) is 54.1 Å². The van der Waals surface area contributed by atoms with Gasteiger partial charge in [0.25, 0.3) is 5.56 Å². The first-order valence-electron chi connectivity index (χ1n) is 11.3. The highest BCUT2D eigenvalue weighted by Gasteiger charge is 2.25. The Labute approximate surface area is 204 Å². The molecule has 0 saturated carbocycles. The second-order valence-corrected chi connectivity index (χ2v) is 8.64. The quantitative estimate of drug-likeness (QED) is 0.361. The highest BCUT2D eigenvalue weighted by Crippen LogP contribution is 2.31. The summed E-state index contributed by atoms with van der Waals surface area (Å²) < 4.78 is 6.64. The number of ketones is 1. The van der Waals surface area contributed by atoms with Gasteiger partial charge in [-0.1, -0.05) is 24.3 Å². The summed E-state index contributed by atoms with van der Waals surface area (Å²) >= 11 is 0. The molecular weight excluding hydrogens is 442 g/mol. The summed E-state index contributed by atoms with van der Waals surface area (Å²) in [6.07, 6.45) is -0.0194. The van der Waals surface area contributed by atoms with E-state index in [1.54, 1.807) is 38.4 Å². The van der Waals surface area contributed by atoms with Crippen LogP contribution in [0.3, 0.4) is 0 Å². The lowest BCUT2D eigenvalue weighted by atomic mass is 9.96. The number of nitrogens with zero attached hydrogens (tertiary/aromatic N) is 2. The molecule has 3 aromatic carbocycles. The van der Waals surface area contributed by atoms with E-state index in [-0.39, 0.29) is 17.7 Å². The number of aryl methyl sites for hydroxylation is 1. The van der Waals surface area contributed by atoms with E-state index in [1.165, 1.54) is 4.57 Å². The standard InChI is InChI=1S/C28H29N3O4/c1-30(2)20-13-9-18(10-14-20)23(29-19-11-15-21(35-4)16-12-19)17-25(32)26-27(33)22-7-5-6-8-24(22)31(3)28(26)34/h5-16,23,29,33H,17H2,1-4H3/t23-/m0/s1. The monoisotopic (exact) mass is 471 g/mol. The molecule has 4 aromatic rings. The van der Waals surface area contributed by atoms with Crippen LogP contribution in [0.25, 0.3) is 10.9 Å². The van der Waals surface area contributed by atoms with Crippen LogP contribution >= 0.6 is 0 Å². The second kappa shape index (κ2) is 9.93. The number of pyridine rings is 1. The van der Waals surface area contributed by atoms with Gasteiger partial charge >= 0.3 is 0 Å². The fourth-order valence-corrected chi connectivity index (χ4v) is 4.16. The molecule has 1 atom stereocenters. The molecule has 2 N–H and O–H groups in total. The normalized spacial score (nSPS) is 11.8. The molecule has 0 amide bonds. The molecule has 0 fully saturated rings. The molecule has 1 heterocycles. The zero-order chi connectivity index (χ0) is 25.1. The van der Waals surface area contributed by atoms with E-state index < -0.39 is 17.4 Å². The van der Waals surface area contributed by atoms with Crippen molar-refractivity contribution in [2.24, 2.45) is 7.05 Å². The number of fused-ring (bicyclic) bond motifs is 1. The summed E-state index contributed by atoms with van der Waals surface area (Å²) in [6.45, 7) is 0. The first-order valence-corrected chi connectivity index (χ1v) is 11.3. The number of carbonyl (C=O) groups excluding carboxylic acids is 1. The topological polar surface area (TPSA) is 83.8 Å². The predicted molar refractivity (Wildman–Crippen MR) is 140 cm³/mol. The Morgan fingerprint density at radius 3 is 2.31 bits per heavy atom. The van der Waals surface area contributed by atoms with Crippen LogP contribution < -0.4 is 20.5 Å². The van der Waals surface area contributed by atoms with Crippen molar-refractivity contribution in [3.8, 4) is 11.5 Å². The maximum atomic E-state index is 13.5. The van der Waals surface area contributed by atoms with E-state index in [4.69, 9.17) is 4.74 Å². The van der Waals surface area contributed by atoms with Crippen molar-refractivity contribution in [1.29, 1.82) is 0 Å². The number of hydrogen-bond acceptors (Lipinski definition) is 6. The first kappa shape index (κ1) is 23.9. The van der Waals surface area contributed by atoms with Gasteiger partial charge in [-0.15, -0.1) is 0 Å². The van der Waals surface area contributed by atoms with Crippen LogP contribution in [0.5, 0.6) is 11.5 Å². The molecule has 1 aromatic heterocycles. The molecule has 0 bridgehead atoms. The summed E-state index contributed by atoms with van der Waals surface area (Å²) in [6, 6.07) is 21.9. The Morgan fingerprint density at radius 1 is 1.03 bits per heavy atom. The minimum Gasteiger partial charge on any atom is -0.506 e. The maximum Gasteiger partial charge on any atom is 0.265 e. The Bertz CT molecular complexity index is 1410. The summed E-state index contributed by atoms with van der Waals surface area (Å²) in [5.41, 5.74) is 2.57. The van der Waals surface area contributed by atoms with Crippen molar-refractivity contribution in [2.45, 2.75) is 12.5 Å². The molecule has 0 aliphatic heterocycles. The third-order valence-corrected chi connectivity index (χ3v) is 6.19. The molecule has 35 heavy (non-hydrogen) atoms. The number of benzene rings is 3. The van der Waals surface area contributed by atoms with Crippen molar-refractivity contribution in [3.05, 3.63) is 94.3 Å². The maximum absolute atomic E-state index is 13.5. The van der Waals surface area contributed by atoms with Crippen LogP contribution in [-0.4, -0.2) is 36.7 Å². The average molecular weight is 472 g/mol. The van der Waals surface area contributed by atoms with Gasteiger partial charge in [-0.2, -0.15) is 0 Å². The molecule has 0 radical (unpaired) electrons. The van der Waals surface area contributed by atoms with E-state index in [0.717, 1.165) is 22.7 Å². The molecule has 0 aliphatic carbocycles. The summed E-state index contributed by atoms with van der Waals surface area (Å²) in [4.78, 5) is 28.5. The Kier molecular flexibility index (Phi) is 6.78. The molecular formula is C28H29N3O4. The Morgan fingerprint density at radius 2 is 1.69 bits per heavy atom. The smallest absolute Gasteiger partial charge is 0.265 e. The summed E-state index contributed by atoms with van der Waals surface area (Å²) in [5.74, 6) is 0.0134. The third-order valence-electron chi connectivity index (χ3n) is 6.19. The van der Waals surface area contributed by atoms with Crippen LogP contribution in [0.1, 0.15) is 28.4 Å². The minimum absolute atomic E-state index is 0.0194. The predicted octanol–water partition coefficient (Wildman–Crippen LogP) is 4.74. The van der Waals surface area contributed by atoms with Crippen molar-refractivity contribution in [1.82, 2.24) is 4.57 Å². The van der Waals surface area contributed by atoms with Gasteiger partial charge in [-0.3, -0.25) is 9.59 Å². The number of hydrogen-bond donors (Lipinski definition) is 2. The number of Topliss-reactive ketones (excluding diaryl/α,β-unsaturated/α-hetero) is 1. The lowest BCUT2D eigenvalue weighted by Crippen LogP contribution is -2.26. The molecule has 4 rings (SSSR count). The number of rotatable bonds is 8. The van der Waals surface area contributed by atoms with Crippen molar-refractivity contribution < 1.29 is 14.6 Å². The number of methoxy groups -OCH3 is 1. The number of aromatic hydroxyl groups is 1. The summed E-state index contributed by atoms with van der Waals surface area (Å²) in [7, 11) is 7.13. The van der Waals surface area contributed by atoms with Gasteiger partial charge < -0.3 is 24.6 Å². The molecule has 7 heteroatoms. The lowest BCUT2D eigenvalue weighted by molar-refractivity contribution is 0.0972. The molecule has 0 unspecified atom stereocenters. The molecule has 7 nitrogen and oxygen atoms in total. The molecule has 0 saturated heterocycles. The van der Waals surface area contributed by atoms with E-state index in [0.29, 0.717) is 10.9 Å². The zero-order valence-corrected chi connectivity index (χ0v) is 20.3. The SMILES string of the molecule is COc1ccc(N[C@@H](CC(=O)c2c(O)c3ccccc3n(C)c2=O)c2ccc(N(C)C)cc2)cc1. The van der Waals surface area contributed by atoms with Crippen LogP contribution in [0, 0.1) is 0 Å². The lowest BCUT2D eigenvalue weighted by Gasteiger charge is -2.22. The highest BCUT2D eigenvalue weighted by atomic mass is 16.5. The number of aromatic nitrogens is 1. The van der Waals surface area contributed by atoms with E-state index in [9.17, 15) is 14.7 Å². The van der Waals surface area contributed by atoms with Crippen LogP contribution in [0.15, 0.2) is 77.6 Å². The molecule has 0 spiro atoms. The summed E-state index contributed by atoms with van der Waals surface area (Å²) in [5, 5.41) is 14.8. The first-order chi connectivity index (χ1) is 16.8. The fraction of sp³-hybridized carbons (Fsp3) is 0.214. The van der Waals surface area contributed by atoms with Crippen LogP contribution in [0.2, 0.25) is 0 Å². The van der Waals surface area contributed by atoms with E-state index >= 15 is 0 Å². The average Bonchev–Trinajstić information content (AvgIpc) is 2.87. The number of anilines is 2. The fourth-order valence-electron chi connectivity index (χ4n) is 4.16. The van der Waals surface area contributed by atoms with Crippen molar-refractivity contribution in [3.63, 3.8) is 0 Å². The van der Waals surface area contributed by atoms with Gasteiger partial charge in [0.1, 0.15) is 17.1 Å². The largest absolute Gasteiger partial charge is 0.506 e. The Balaban J connectivity index is 1.72. The number of carbonyl (C=O) groups is 1. The van der Waals surface area contributed by atoms with Crippen LogP contribution in [-0.2, 0) is 7.05 Å². The van der Waals surface area contributed by atoms with Gasteiger partial charge in [0.2, 0.25) is 0 Å². The van der Waals surface area contributed by atoms with E-state index in [2.05, 4.69) is 5.32 Å².